The second-order valence-corrected chi connectivity index (χ2v) is 10.9. The highest BCUT2D eigenvalue weighted by atomic mass is 79.9. The van der Waals surface area contributed by atoms with Gasteiger partial charge in [0.2, 0.25) is 0 Å². The van der Waals surface area contributed by atoms with Crippen molar-refractivity contribution in [3.8, 4) is 17.0 Å². The topological polar surface area (TPSA) is 98.0 Å². The van der Waals surface area contributed by atoms with Crippen molar-refractivity contribution < 1.29 is 37.3 Å². The zero-order valence-corrected chi connectivity index (χ0v) is 21.5. The number of hydrogen-bond donors (Lipinski definition) is 0. The van der Waals surface area contributed by atoms with Gasteiger partial charge < -0.3 is 9.47 Å². The van der Waals surface area contributed by atoms with Crippen LogP contribution in [0.1, 0.15) is 30.0 Å². The van der Waals surface area contributed by atoms with E-state index in [9.17, 15) is 23.2 Å². The first kappa shape index (κ1) is 26.3. The summed E-state index contributed by atoms with van der Waals surface area (Å²) in [6.45, 7) is -0.00190. The molecule has 4 rings (SSSR count). The first-order valence-electron chi connectivity index (χ1n) is 10.9. The third-order valence-electron chi connectivity index (χ3n) is 5.71. The Morgan fingerprint density at radius 1 is 1.14 bits per heavy atom. The Kier molecular flexibility index (Phi) is 8.09. The van der Waals surface area contributed by atoms with E-state index < -0.39 is 19.7 Å². The molecule has 0 aliphatic heterocycles. The molecular weight excluding hydrogens is 565 g/mol. The molecule has 0 bridgehead atoms. The molecule has 3 aromatic rings. The van der Waals surface area contributed by atoms with Crippen LogP contribution in [-0.2, 0) is 36.3 Å². The van der Waals surface area contributed by atoms with Crippen LogP contribution in [0.15, 0.2) is 57.9 Å². The van der Waals surface area contributed by atoms with Crippen molar-refractivity contribution in [3.05, 3.63) is 74.7 Å². The maximum Gasteiger partial charge on any atom is 0.399 e. The number of nitrogens with zero attached hydrogens (tertiary/aromatic N) is 2. The van der Waals surface area contributed by atoms with Crippen molar-refractivity contribution in [3.63, 3.8) is 0 Å². The average molecular weight is 587 g/mol. The lowest BCUT2D eigenvalue weighted by atomic mass is 10.1. The molecule has 0 saturated heterocycles. The fourth-order valence-corrected chi connectivity index (χ4v) is 5.28. The van der Waals surface area contributed by atoms with Gasteiger partial charge in [-0.25, -0.2) is 9.59 Å². The number of methoxy groups -OCH3 is 1. The van der Waals surface area contributed by atoms with Crippen LogP contribution >= 0.6 is 23.5 Å². The molecule has 0 radical (unpaired) electrons. The molecule has 192 valence electrons. The summed E-state index contributed by atoms with van der Waals surface area (Å²) in [5.74, 6) is -0.0186. The van der Waals surface area contributed by atoms with E-state index in [4.69, 9.17) is 4.74 Å². The number of benzene rings is 2. The van der Waals surface area contributed by atoms with Crippen molar-refractivity contribution in [2.45, 2.75) is 31.6 Å². The van der Waals surface area contributed by atoms with Crippen molar-refractivity contribution in [1.82, 2.24) is 9.13 Å². The summed E-state index contributed by atoms with van der Waals surface area (Å²) >= 11 is 3.31. The summed E-state index contributed by atoms with van der Waals surface area (Å²) in [5, 5.41) is 0. The molecular formula is C23H22BrF2N2O7P. The van der Waals surface area contributed by atoms with Gasteiger partial charge in [-0.2, -0.15) is 0 Å². The number of carbonyl (C=O) groups is 1. The highest BCUT2D eigenvalue weighted by Gasteiger charge is 2.30. The van der Waals surface area contributed by atoms with Gasteiger partial charge in [-0.05, 0) is 63.4 Å². The highest BCUT2D eigenvalue weighted by Crippen LogP contribution is 2.53. The summed E-state index contributed by atoms with van der Waals surface area (Å²) in [6, 6.07) is 12.0. The first-order chi connectivity index (χ1) is 17.3. The number of imidazole rings is 1. The number of hydrogen-bond acceptors (Lipinski definition) is 7. The zero-order valence-electron chi connectivity index (χ0n) is 19.1. The molecule has 1 aliphatic rings. The molecule has 1 fully saturated rings. The molecule has 0 unspecified atom stereocenters. The van der Waals surface area contributed by atoms with Crippen LogP contribution in [0.25, 0.3) is 11.3 Å². The van der Waals surface area contributed by atoms with Crippen LogP contribution in [-0.4, -0.2) is 28.8 Å². The van der Waals surface area contributed by atoms with Crippen LogP contribution in [0.4, 0.5) is 9.05 Å². The molecule has 2 aromatic carbocycles. The molecule has 36 heavy (non-hydrogen) atoms. The van der Waals surface area contributed by atoms with Gasteiger partial charge in [0.25, 0.3) is 0 Å². The summed E-state index contributed by atoms with van der Waals surface area (Å²) in [6.07, 6.45) is 3.06. The van der Waals surface area contributed by atoms with Gasteiger partial charge in [0.1, 0.15) is 5.75 Å². The average Bonchev–Trinajstić information content (AvgIpc) is 3.69. The van der Waals surface area contributed by atoms with E-state index in [-0.39, 0.29) is 24.9 Å². The number of halogens is 3. The third-order valence-corrected chi connectivity index (χ3v) is 7.60. The lowest BCUT2D eigenvalue weighted by molar-refractivity contribution is -0.142. The highest BCUT2D eigenvalue weighted by molar-refractivity contribution is 9.10. The van der Waals surface area contributed by atoms with Crippen molar-refractivity contribution >= 4 is 29.5 Å². The van der Waals surface area contributed by atoms with E-state index in [1.807, 2.05) is 6.20 Å². The molecule has 1 aromatic heterocycles. The second-order valence-electron chi connectivity index (χ2n) is 8.24. The number of ether oxygens (including phenoxy) is 2. The van der Waals surface area contributed by atoms with E-state index in [1.165, 1.54) is 13.2 Å². The monoisotopic (exact) mass is 586 g/mol. The SMILES string of the molecule is COC(=O)COc1ccc(-c2cn(C3CC3)c(=O)n2Cc2ccc(CP(=O)(OF)OF)c(Br)c2)cc1. The second kappa shape index (κ2) is 11.1. The van der Waals surface area contributed by atoms with Gasteiger partial charge in [-0.1, -0.05) is 28.1 Å². The maximum absolute atomic E-state index is 13.2. The summed E-state index contributed by atoms with van der Waals surface area (Å²) in [5.41, 5.74) is 2.32. The lowest BCUT2D eigenvalue weighted by Crippen LogP contribution is -2.24. The van der Waals surface area contributed by atoms with Gasteiger partial charge >= 0.3 is 19.3 Å². The van der Waals surface area contributed by atoms with Crippen LogP contribution in [0.5, 0.6) is 5.75 Å². The standard InChI is InChI=1S/C23H22BrF2N2O7P/c1-32-22(29)13-33-19-8-4-16(5-9-19)21-12-27(18-6-7-18)23(30)28(21)11-15-2-3-17(20(24)10-15)14-36(31,34-25)35-26/h2-5,8-10,12,18H,6-7,11,13-14H2,1H3. The molecule has 13 heteroatoms. The molecule has 0 N–H and O–H groups in total. The number of rotatable bonds is 11. The number of esters is 1. The van der Waals surface area contributed by atoms with Crippen LogP contribution in [0, 0.1) is 0 Å². The fourth-order valence-electron chi connectivity index (χ4n) is 3.69. The minimum absolute atomic E-state index is 0.157. The van der Waals surface area contributed by atoms with Crippen LogP contribution < -0.4 is 10.4 Å². The Bertz CT molecular complexity index is 1350. The molecule has 9 nitrogen and oxygen atoms in total. The van der Waals surface area contributed by atoms with E-state index in [2.05, 4.69) is 30.1 Å². The van der Waals surface area contributed by atoms with Crippen molar-refractivity contribution in [2.24, 2.45) is 0 Å². The van der Waals surface area contributed by atoms with Crippen LogP contribution in [0.2, 0.25) is 0 Å². The fraction of sp³-hybridized carbons (Fsp3) is 0.304. The molecule has 0 atom stereocenters. The van der Waals surface area contributed by atoms with E-state index in [0.717, 1.165) is 24.0 Å². The van der Waals surface area contributed by atoms with Gasteiger partial charge in [0.05, 0.1) is 25.5 Å². The molecule has 1 saturated carbocycles. The normalized spacial score (nSPS) is 13.6. The van der Waals surface area contributed by atoms with Crippen LogP contribution in [0.3, 0.4) is 0 Å². The van der Waals surface area contributed by atoms with E-state index in [1.54, 1.807) is 45.5 Å². The Morgan fingerprint density at radius 2 is 1.83 bits per heavy atom. The number of carbonyl (C=O) groups excluding carboxylic acids is 1. The van der Waals surface area contributed by atoms with Crippen molar-refractivity contribution in [1.29, 1.82) is 0 Å². The minimum atomic E-state index is -4.54. The van der Waals surface area contributed by atoms with E-state index >= 15 is 0 Å². The van der Waals surface area contributed by atoms with E-state index in [0.29, 0.717) is 21.5 Å². The zero-order chi connectivity index (χ0) is 25.9. The lowest BCUT2D eigenvalue weighted by Gasteiger charge is -2.12. The molecule has 1 heterocycles. The Morgan fingerprint density at radius 3 is 2.42 bits per heavy atom. The first-order valence-corrected chi connectivity index (χ1v) is 13.4. The molecule has 1 aliphatic carbocycles. The van der Waals surface area contributed by atoms with Gasteiger partial charge in [-0.15, -0.1) is 9.46 Å². The molecule has 0 spiro atoms. The Balaban J connectivity index is 1.61. The van der Waals surface area contributed by atoms with Gasteiger partial charge in [-0.3, -0.25) is 13.7 Å². The summed E-state index contributed by atoms with van der Waals surface area (Å²) < 4.78 is 56.8. The summed E-state index contributed by atoms with van der Waals surface area (Å²) in [7, 11) is -3.26. The molecule has 0 amide bonds. The Labute approximate surface area is 213 Å². The Hall–Kier alpha value is -2.79. The largest absolute Gasteiger partial charge is 0.482 e. The van der Waals surface area contributed by atoms with Gasteiger partial charge in [0, 0.05) is 22.3 Å². The smallest absolute Gasteiger partial charge is 0.399 e. The maximum atomic E-state index is 13.2. The third kappa shape index (κ3) is 5.95. The van der Waals surface area contributed by atoms with Gasteiger partial charge in [0.15, 0.2) is 6.61 Å². The van der Waals surface area contributed by atoms with Crippen molar-refractivity contribution in [2.75, 3.05) is 13.7 Å². The predicted octanol–water partition coefficient (Wildman–Crippen LogP) is 5.51. The minimum Gasteiger partial charge on any atom is -0.482 e. The quantitative estimate of drug-likeness (QED) is 0.216. The predicted molar refractivity (Wildman–Crippen MR) is 129 cm³/mol. The summed E-state index contributed by atoms with van der Waals surface area (Å²) in [4.78, 5) is 24.5. The number of aromatic nitrogens is 2.